The third-order valence-electron chi connectivity index (χ3n) is 3.98. The van der Waals surface area contributed by atoms with Crippen molar-refractivity contribution in [1.29, 1.82) is 0 Å². The Labute approximate surface area is 176 Å². The summed E-state index contributed by atoms with van der Waals surface area (Å²) in [6.07, 6.45) is 0.785. The van der Waals surface area contributed by atoms with Crippen molar-refractivity contribution in [2.75, 3.05) is 5.32 Å². The molecule has 3 rings (SSSR count). The first-order valence-electron chi connectivity index (χ1n) is 8.78. The molecule has 1 saturated heterocycles. The Morgan fingerprint density at radius 1 is 1.18 bits per heavy atom. The molecule has 8 heteroatoms. The molecular weight excluding hydrogens is 440 g/mol. The van der Waals surface area contributed by atoms with E-state index in [0.29, 0.717) is 10.9 Å². The van der Waals surface area contributed by atoms with Gasteiger partial charge in [-0.1, -0.05) is 64.9 Å². The van der Waals surface area contributed by atoms with Crippen LogP contribution in [0.2, 0.25) is 0 Å². The van der Waals surface area contributed by atoms with E-state index in [1.165, 1.54) is 11.8 Å². The highest BCUT2D eigenvalue weighted by molar-refractivity contribution is 9.10. The van der Waals surface area contributed by atoms with Gasteiger partial charge in [-0.2, -0.15) is 5.10 Å². The van der Waals surface area contributed by atoms with E-state index < -0.39 is 5.25 Å². The Kier molecular flexibility index (Phi) is 7.00. The van der Waals surface area contributed by atoms with Crippen LogP contribution in [0, 0.1) is 0 Å². The number of carbonyl (C=O) groups is 2. The van der Waals surface area contributed by atoms with E-state index >= 15 is 0 Å². The summed E-state index contributed by atoms with van der Waals surface area (Å²) in [7, 11) is 0. The minimum Gasteiger partial charge on any atom is -0.326 e. The third-order valence-corrected chi connectivity index (χ3v) is 5.58. The van der Waals surface area contributed by atoms with Crippen LogP contribution in [-0.2, 0) is 9.59 Å². The molecule has 1 aliphatic heterocycles. The maximum Gasteiger partial charge on any atom is 0.240 e. The highest BCUT2D eigenvalue weighted by Gasteiger charge is 2.32. The Balaban J connectivity index is 1.61. The number of nitrogens with one attached hydrogen (secondary N) is 2. The summed E-state index contributed by atoms with van der Waals surface area (Å²) >= 11 is 4.57. The first-order chi connectivity index (χ1) is 13.5. The lowest BCUT2D eigenvalue weighted by Gasteiger charge is -2.07. The van der Waals surface area contributed by atoms with E-state index in [-0.39, 0.29) is 18.2 Å². The standard InChI is InChI=1S/C20H19BrN4O2S/c1-2-16(13-6-4-3-5-7-13)24-25-20-23-19(27)17(28-20)12-18(26)22-15-10-8-14(21)9-11-15/h3-11,17H,2,12H2,1H3,(H,22,26)(H,23,25,27)/b24-16+. The quantitative estimate of drug-likeness (QED) is 0.502. The predicted molar refractivity (Wildman–Crippen MR) is 118 cm³/mol. The maximum atomic E-state index is 12.2. The molecule has 144 valence electrons. The molecule has 1 fully saturated rings. The van der Waals surface area contributed by atoms with Gasteiger partial charge in [0, 0.05) is 16.6 Å². The van der Waals surface area contributed by atoms with Gasteiger partial charge in [0.05, 0.1) is 5.71 Å². The number of anilines is 1. The molecule has 2 amide bonds. The van der Waals surface area contributed by atoms with Crippen molar-refractivity contribution in [3.8, 4) is 0 Å². The molecule has 0 aliphatic carbocycles. The van der Waals surface area contributed by atoms with Gasteiger partial charge in [0.15, 0.2) is 5.17 Å². The number of halogens is 1. The number of benzene rings is 2. The second-order valence-corrected chi connectivity index (χ2v) is 8.13. The summed E-state index contributed by atoms with van der Waals surface area (Å²) in [6.45, 7) is 2.00. The lowest BCUT2D eigenvalue weighted by atomic mass is 10.1. The highest BCUT2D eigenvalue weighted by Crippen LogP contribution is 2.23. The molecule has 1 atom stereocenters. The summed E-state index contributed by atoms with van der Waals surface area (Å²) in [4.78, 5) is 24.4. The average Bonchev–Trinajstić information content (AvgIpc) is 3.04. The molecule has 1 aliphatic rings. The molecular formula is C20H19BrN4O2S. The predicted octanol–water partition coefficient (Wildman–Crippen LogP) is 4.18. The van der Waals surface area contributed by atoms with E-state index in [0.717, 1.165) is 22.2 Å². The number of rotatable bonds is 6. The van der Waals surface area contributed by atoms with Crippen molar-refractivity contribution in [3.63, 3.8) is 0 Å². The van der Waals surface area contributed by atoms with Gasteiger partial charge in [0.25, 0.3) is 0 Å². The van der Waals surface area contributed by atoms with Crippen LogP contribution in [0.4, 0.5) is 5.69 Å². The summed E-state index contributed by atoms with van der Waals surface area (Å²) in [6, 6.07) is 17.0. The van der Waals surface area contributed by atoms with Gasteiger partial charge in [0.1, 0.15) is 5.25 Å². The lowest BCUT2D eigenvalue weighted by molar-refractivity contribution is -0.122. The fourth-order valence-electron chi connectivity index (χ4n) is 2.57. The van der Waals surface area contributed by atoms with E-state index in [1.807, 2.05) is 49.4 Å². The summed E-state index contributed by atoms with van der Waals surface area (Å²) in [5.74, 6) is -0.457. The summed E-state index contributed by atoms with van der Waals surface area (Å²) < 4.78 is 0.930. The number of amides is 2. The van der Waals surface area contributed by atoms with Gasteiger partial charge in [-0.25, -0.2) is 0 Å². The Bertz CT molecular complexity index is 914. The largest absolute Gasteiger partial charge is 0.326 e. The molecule has 0 saturated carbocycles. The van der Waals surface area contributed by atoms with E-state index in [4.69, 9.17) is 0 Å². The van der Waals surface area contributed by atoms with Crippen LogP contribution in [0.25, 0.3) is 0 Å². The minimum absolute atomic E-state index is 0.0641. The second-order valence-electron chi connectivity index (χ2n) is 6.03. The molecule has 1 unspecified atom stereocenters. The van der Waals surface area contributed by atoms with Crippen molar-refractivity contribution >= 4 is 56.1 Å². The fraction of sp³-hybridized carbons (Fsp3) is 0.200. The number of amidine groups is 1. The van der Waals surface area contributed by atoms with Crippen molar-refractivity contribution < 1.29 is 9.59 Å². The monoisotopic (exact) mass is 458 g/mol. The van der Waals surface area contributed by atoms with Crippen molar-refractivity contribution in [3.05, 3.63) is 64.6 Å². The number of thioether (sulfide) groups is 1. The van der Waals surface area contributed by atoms with Crippen LogP contribution in [0.5, 0.6) is 0 Å². The van der Waals surface area contributed by atoms with Crippen LogP contribution in [0.3, 0.4) is 0 Å². The Hall–Kier alpha value is -2.45. The van der Waals surface area contributed by atoms with E-state index in [9.17, 15) is 9.59 Å². The Morgan fingerprint density at radius 2 is 1.89 bits per heavy atom. The van der Waals surface area contributed by atoms with Crippen LogP contribution in [-0.4, -0.2) is 27.9 Å². The topological polar surface area (TPSA) is 82.9 Å². The first-order valence-corrected chi connectivity index (χ1v) is 10.5. The molecule has 0 radical (unpaired) electrons. The van der Waals surface area contributed by atoms with Gasteiger partial charge in [-0.3, -0.25) is 9.59 Å². The van der Waals surface area contributed by atoms with Crippen LogP contribution in [0.15, 0.2) is 69.3 Å². The molecule has 1 heterocycles. The van der Waals surface area contributed by atoms with Crippen molar-refractivity contribution in [1.82, 2.24) is 5.32 Å². The number of hydrogen-bond donors (Lipinski definition) is 2. The zero-order chi connectivity index (χ0) is 19.9. The zero-order valence-corrected chi connectivity index (χ0v) is 17.6. The van der Waals surface area contributed by atoms with Crippen LogP contribution < -0.4 is 10.6 Å². The van der Waals surface area contributed by atoms with Crippen LogP contribution >= 0.6 is 27.7 Å². The molecule has 6 nitrogen and oxygen atoms in total. The maximum absolute atomic E-state index is 12.2. The number of hydrogen-bond acceptors (Lipinski definition) is 5. The van der Waals surface area contributed by atoms with Gasteiger partial charge in [0.2, 0.25) is 11.8 Å². The van der Waals surface area contributed by atoms with Gasteiger partial charge in [-0.05, 0) is 36.2 Å². The highest BCUT2D eigenvalue weighted by atomic mass is 79.9. The average molecular weight is 459 g/mol. The second kappa shape index (κ2) is 9.66. The summed E-state index contributed by atoms with van der Waals surface area (Å²) in [5.41, 5.74) is 2.51. The van der Waals surface area contributed by atoms with Crippen molar-refractivity contribution in [2.24, 2.45) is 10.2 Å². The van der Waals surface area contributed by atoms with Gasteiger partial charge >= 0.3 is 0 Å². The normalized spacial score (nSPS) is 18.2. The zero-order valence-electron chi connectivity index (χ0n) is 15.2. The van der Waals surface area contributed by atoms with Gasteiger partial charge < -0.3 is 10.6 Å². The first kappa shape index (κ1) is 20.3. The smallest absolute Gasteiger partial charge is 0.240 e. The van der Waals surface area contributed by atoms with Crippen molar-refractivity contribution in [2.45, 2.75) is 25.0 Å². The Morgan fingerprint density at radius 3 is 2.57 bits per heavy atom. The lowest BCUT2D eigenvalue weighted by Crippen LogP contribution is -2.28. The molecule has 0 aromatic heterocycles. The number of carbonyl (C=O) groups excluding carboxylic acids is 2. The molecule has 2 aromatic rings. The summed E-state index contributed by atoms with van der Waals surface area (Å²) in [5, 5.41) is 13.8. The van der Waals surface area contributed by atoms with E-state index in [1.54, 1.807) is 12.1 Å². The molecule has 2 N–H and O–H groups in total. The molecule has 0 bridgehead atoms. The van der Waals surface area contributed by atoms with Gasteiger partial charge in [-0.15, -0.1) is 5.10 Å². The molecule has 2 aromatic carbocycles. The van der Waals surface area contributed by atoms with Crippen LogP contribution in [0.1, 0.15) is 25.3 Å². The SMILES string of the molecule is CC/C(=N\N=C1/NC(=O)C(CC(=O)Nc2ccc(Br)cc2)S1)c1ccccc1. The fourth-order valence-corrected chi connectivity index (χ4v) is 3.75. The molecule has 0 spiro atoms. The molecule has 28 heavy (non-hydrogen) atoms. The number of nitrogens with zero attached hydrogens (tertiary/aromatic N) is 2. The minimum atomic E-state index is -0.522. The third kappa shape index (κ3) is 5.53. The van der Waals surface area contributed by atoms with E-state index in [2.05, 4.69) is 36.8 Å².